The van der Waals surface area contributed by atoms with Crippen molar-refractivity contribution in [1.29, 1.82) is 0 Å². The summed E-state index contributed by atoms with van der Waals surface area (Å²) in [6, 6.07) is 7.44. The van der Waals surface area contributed by atoms with Crippen LogP contribution >= 0.6 is 23.4 Å². The van der Waals surface area contributed by atoms with E-state index in [9.17, 15) is 13.2 Å². The Kier molecular flexibility index (Phi) is 5.14. The first-order chi connectivity index (χ1) is 13.8. The molecule has 2 atom stereocenters. The third-order valence-corrected chi connectivity index (χ3v) is 8.45. The van der Waals surface area contributed by atoms with E-state index in [2.05, 4.69) is 9.88 Å². The van der Waals surface area contributed by atoms with Gasteiger partial charge in [-0.25, -0.2) is 8.42 Å². The van der Waals surface area contributed by atoms with Crippen molar-refractivity contribution >= 4 is 45.0 Å². The standard InChI is InChI=1S/C18H17ClN2O6S2/c1-10-5-3-4-6-12(10)7-13(22)16-18(14(8-28-16)25-9-26-18)29(23,24)21-17-15(19)11(2)27-20-17/h3-6,8,16H,7,9H2,1-2H3,(H,20,21). The summed E-state index contributed by atoms with van der Waals surface area (Å²) in [5.74, 6) is -0.145. The van der Waals surface area contributed by atoms with E-state index in [4.69, 9.17) is 25.6 Å². The lowest BCUT2D eigenvalue weighted by atomic mass is 10.00. The lowest BCUT2D eigenvalue weighted by Gasteiger charge is -2.28. The maximum absolute atomic E-state index is 13.3. The minimum atomic E-state index is -4.33. The molecule has 1 fully saturated rings. The number of nitrogens with zero attached hydrogens (tertiary/aromatic N) is 1. The number of hydrogen-bond acceptors (Lipinski definition) is 8. The van der Waals surface area contributed by atoms with Crippen molar-refractivity contribution in [3.63, 3.8) is 0 Å². The van der Waals surface area contributed by atoms with Gasteiger partial charge in [0, 0.05) is 11.8 Å². The molecule has 2 unspecified atom stereocenters. The van der Waals surface area contributed by atoms with Crippen molar-refractivity contribution in [3.05, 3.63) is 57.3 Å². The number of Topliss-reactive ketones (excluding diaryl/α,β-unsaturated/α-hetero) is 1. The molecule has 154 valence electrons. The normalized spacial score (nSPS) is 23.4. The van der Waals surface area contributed by atoms with Crippen molar-refractivity contribution in [3.8, 4) is 0 Å². The summed E-state index contributed by atoms with van der Waals surface area (Å²) in [5.41, 5.74) is 1.77. The van der Waals surface area contributed by atoms with Crippen molar-refractivity contribution < 1.29 is 27.2 Å². The number of anilines is 1. The SMILES string of the molecule is Cc1ccccc1CC(=O)C1SC=C2OCOC21S(=O)(=O)Nc1noc(C)c1Cl. The van der Waals surface area contributed by atoms with Crippen LogP contribution in [0.2, 0.25) is 5.02 Å². The van der Waals surface area contributed by atoms with E-state index in [-0.39, 0.29) is 41.4 Å². The van der Waals surface area contributed by atoms with Crippen molar-refractivity contribution in [2.24, 2.45) is 0 Å². The molecule has 4 rings (SSSR count). The fourth-order valence-electron chi connectivity index (χ4n) is 3.25. The predicted molar refractivity (Wildman–Crippen MR) is 108 cm³/mol. The molecule has 1 N–H and O–H groups in total. The number of thioether (sulfide) groups is 1. The van der Waals surface area contributed by atoms with Crippen LogP contribution in [0.15, 0.2) is 40.0 Å². The molecule has 0 bridgehead atoms. The summed E-state index contributed by atoms with van der Waals surface area (Å²) in [5, 5.41) is 4.11. The number of hydrogen-bond donors (Lipinski definition) is 1. The van der Waals surface area contributed by atoms with Gasteiger partial charge in [0.15, 0.2) is 24.1 Å². The second kappa shape index (κ2) is 7.35. The van der Waals surface area contributed by atoms with Gasteiger partial charge >= 0.3 is 0 Å². The zero-order valence-corrected chi connectivity index (χ0v) is 17.9. The smallest absolute Gasteiger partial charge is 0.273 e. The van der Waals surface area contributed by atoms with Gasteiger partial charge in [0.1, 0.15) is 10.3 Å². The summed E-state index contributed by atoms with van der Waals surface area (Å²) < 4.78 is 44.8. The minimum Gasteiger partial charge on any atom is -0.467 e. The molecule has 2 aliphatic heterocycles. The van der Waals surface area contributed by atoms with Crippen LogP contribution in [0.3, 0.4) is 0 Å². The number of nitrogens with one attached hydrogen (secondary N) is 1. The van der Waals surface area contributed by atoms with Crippen LogP contribution in [0, 0.1) is 13.8 Å². The third-order valence-electron chi connectivity index (χ3n) is 4.83. The number of sulfonamides is 1. The minimum absolute atomic E-state index is 0.0304. The maximum Gasteiger partial charge on any atom is 0.273 e. The molecule has 1 saturated heterocycles. The fraction of sp³-hybridized carbons (Fsp3) is 0.333. The Balaban J connectivity index is 1.68. The van der Waals surface area contributed by atoms with E-state index in [1.165, 1.54) is 5.41 Å². The van der Waals surface area contributed by atoms with Crippen molar-refractivity contribution in [2.75, 3.05) is 11.5 Å². The molecule has 29 heavy (non-hydrogen) atoms. The van der Waals surface area contributed by atoms with Crippen LogP contribution in [-0.4, -0.2) is 36.3 Å². The van der Waals surface area contributed by atoms with Crippen LogP contribution in [0.25, 0.3) is 0 Å². The Bertz CT molecular complexity index is 1110. The molecule has 2 aromatic rings. The third kappa shape index (κ3) is 3.24. The van der Waals surface area contributed by atoms with E-state index in [0.717, 1.165) is 22.9 Å². The molecule has 0 saturated carbocycles. The largest absolute Gasteiger partial charge is 0.467 e. The van der Waals surface area contributed by atoms with Crippen molar-refractivity contribution in [1.82, 2.24) is 5.16 Å². The summed E-state index contributed by atoms with van der Waals surface area (Å²) in [7, 11) is -4.33. The number of fused-ring (bicyclic) bond motifs is 1. The Morgan fingerprint density at radius 3 is 2.83 bits per heavy atom. The summed E-state index contributed by atoms with van der Waals surface area (Å²) in [6.07, 6.45) is 0.0654. The van der Waals surface area contributed by atoms with Gasteiger partial charge in [-0.3, -0.25) is 9.52 Å². The monoisotopic (exact) mass is 456 g/mol. The molecular formula is C18H17ClN2O6S2. The van der Waals surface area contributed by atoms with Crippen LogP contribution in [0.4, 0.5) is 5.82 Å². The van der Waals surface area contributed by atoms with E-state index in [1.807, 2.05) is 31.2 Å². The number of aryl methyl sites for hydroxylation is 2. The van der Waals surface area contributed by atoms with Gasteiger partial charge in [0.05, 0.1) is 0 Å². The highest BCUT2D eigenvalue weighted by Gasteiger charge is 2.65. The quantitative estimate of drug-likeness (QED) is 0.706. The van der Waals surface area contributed by atoms with E-state index < -0.39 is 20.2 Å². The number of ether oxygens (including phenoxy) is 2. The molecule has 1 aromatic carbocycles. The molecule has 0 radical (unpaired) electrons. The summed E-state index contributed by atoms with van der Waals surface area (Å²) in [6.45, 7) is 3.16. The second-order valence-electron chi connectivity index (χ2n) is 6.65. The number of halogens is 1. The van der Waals surface area contributed by atoms with Gasteiger partial charge in [0.2, 0.25) is 5.82 Å². The van der Waals surface area contributed by atoms with Crippen LogP contribution in [0.5, 0.6) is 0 Å². The number of rotatable bonds is 6. The number of benzene rings is 1. The number of aromatic nitrogens is 1. The Morgan fingerprint density at radius 2 is 2.14 bits per heavy atom. The van der Waals surface area contributed by atoms with Gasteiger partial charge in [-0.05, 0) is 25.0 Å². The van der Waals surface area contributed by atoms with Gasteiger partial charge in [0.25, 0.3) is 15.0 Å². The van der Waals surface area contributed by atoms with Crippen LogP contribution in [-0.2, 0) is 30.7 Å². The molecule has 0 amide bonds. The summed E-state index contributed by atoms with van der Waals surface area (Å²) in [4.78, 5) is 11.1. The summed E-state index contributed by atoms with van der Waals surface area (Å²) >= 11 is 7.10. The Hall–Kier alpha value is -2.01. The molecule has 1 aromatic heterocycles. The highest BCUT2D eigenvalue weighted by Crippen LogP contribution is 2.50. The van der Waals surface area contributed by atoms with Gasteiger partial charge < -0.3 is 14.0 Å². The molecule has 3 heterocycles. The highest BCUT2D eigenvalue weighted by molar-refractivity contribution is 8.05. The topological polar surface area (TPSA) is 108 Å². The molecular weight excluding hydrogens is 440 g/mol. The fourth-order valence-corrected chi connectivity index (χ4v) is 6.69. The van der Waals surface area contributed by atoms with Gasteiger partial charge in [-0.2, -0.15) is 0 Å². The molecule has 0 spiro atoms. The zero-order chi connectivity index (χ0) is 20.8. The highest BCUT2D eigenvalue weighted by atomic mass is 35.5. The number of ketones is 1. The second-order valence-corrected chi connectivity index (χ2v) is 9.82. The zero-order valence-electron chi connectivity index (χ0n) is 15.5. The Labute approximate surface area is 176 Å². The van der Waals surface area contributed by atoms with Crippen molar-refractivity contribution in [2.45, 2.75) is 30.5 Å². The first kappa shape index (κ1) is 20.3. The molecule has 8 nitrogen and oxygen atoms in total. The van der Waals surface area contributed by atoms with Gasteiger partial charge in [-0.1, -0.05) is 41.0 Å². The van der Waals surface area contributed by atoms with E-state index >= 15 is 0 Å². The lowest BCUT2D eigenvalue weighted by Crippen LogP contribution is -2.52. The first-order valence-electron chi connectivity index (χ1n) is 8.60. The van der Waals surface area contributed by atoms with Crippen LogP contribution < -0.4 is 4.72 Å². The molecule has 11 heteroatoms. The average molecular weight is 457 g/mol. The van der Waals surface area contributed by atoms with E-state index in [1.54, 1.807) is 6.92 Å². The van der Waals surface area contributed by atoms with E-state index in [0.29, 0.717) is 0 Å². The number of carbonyl (C=O) groups is 1. The van der Waals surface area contributed by atoms with Gasteiger partial charge in [-0.15, -0.1) is 11.8 Å². The predicted octanol–water partition coefficient (Wildman–Crippen LogP) is 3.16. The Morgan fingerprint density at radius 1 is 1.38 bits per heavy atom. The maximum atomic E-state index is 13.3. The average Bonchev–Trinajstić information content (AvgIpc) is 3.34. The lowest BCUT2D eigenvalue weighted by molar-refractivity contribution is -0.120. The molecule has 2 aliphatic rings. The molecule has 0 aliphatic carbocycles. The first-order valence-corrected chi connectivity index (χ1v) is 11.4. The number of carbonyl (C=O) groups excluding carboxylic acids is 1. The van der Waals surface area contributed by atoms with Crippen LogP contribution in [0.1, 0.15) is 16.9 Å².